The van der Waals surface area contributed by atoms with Gasteiger partial charge in [-0.15, -0.1) is 0 Å². The number of pyridine rings is 1. The van der Waals surface area contributed by atoms with Crippen LogP contribution in [0.25, 0.3) is 27.6 Å². The summed E-state index contributed by atoms with van der Waals surface area (Å²) in [5, 5.41) is 2.40. The average Bonchev–Trinajstić information content (AvgIpc) is 3.67. The van der Waals surface area contributed by atoms with Gasteiger partial charge in [0, 0.05) is 52.9 Å². The van der Waals surface area contributed by atoms with Gasteiger partial charge in [0.2, 0.25) is 0 Å². The molecule has 50 heavy (non-hydrogen) atoms. The van der Waals surface area contributed by atoms with E-state index in [9.17, 15) is 0 Å². The van der Waals surface area contributed by atoms with E-state index >= 15 is 0 Å². The highest BCUT2D eigenvalue weighted by Crippen LogP contribution is 2.39. The van der Waals surface area contributed by atoms with Crippen LogP contribution in [0.3, 0.4) is 0 Å². The molecule has 0 atom stereocenters. The Hall–Kier alpha value is -5.03. The Balaban J connectivity index is 1.19. The molecule has 0 spiro atoms. The number of aryl methyl sites for hydroxylation is 1. The maximum absolute atomic E-state index is 6.59. The van der Waals surface area contributed by atoms with Gasteiger partial charge in [-0.1, -0.05) is 86.6 Å². The van der Waals surface area contributed by atoms with E-state index in [1.165, 1.54) is 33.2 Å². The van der Waals surface area contributed by atoms with E-state index in [-0.39, 0.29) is 16.2 Å². The predicted molar refractivity (Wildman–Crippen MR) is 211 cm³/mol. The summed E-state index contributed by atoms with van der Waals surface area (Å²) >= 11 is 0. The van der Waals surface area contributed by atoms with Crippen LogP contribution in [0.15, 0.2) is 110 Å². The molecule has 0 unspecified atom stereocenters. The summed E-state index contributed by atoms with van der Waals surface area (Å²) in [7, 11) is 0. The van der Waals surface area contributed by atoms with Gasteiger partial charge in [-0.05, 0) is 100 Å². The second-order valence-electron chi connectivity index (χ2n) is 16.9. The van der Waals surface area contributed by atoms with Gasteiger partial charge in [0.15, 0.2) is 0 Å². The van der Waals surface area contributed by atoms with Gasteiger partial charge in [-0.2, -0.15) is 0 Å². The lowest BCUT2D eigenvalue weighted by Gasteiger charge is -2.29. The van der Waals surface area contributed by atoms with Crippen LogP contribution >= 0.6 is 0 Å². The summed E-state index contributed by atoms with van der Waals surface area (Å²) in [5.41, 5.74) is 9.83. The average molecular weight is 663 g/mol. The third-order valence-electron chi connectivity index (χ3n) is 9.83. The fourth-order valence-corrected chi connectivity index (χ4v) is 6.63. The molecule has 0 radical (unpaired) electrons. The van der Waals surface area contributed by atoms with Crippen molar-refractivity contribution in [1.82, 2.24) is 9.55 Å². The van der Waals surface area contributed by atoms with Crippen LogP contribution in [-0.2, 0) is 16.2 Å². The number of benzene rings is 4. The molecule has 2 aromatic heterocycles. The van der Waals surface area contributed by atoms with E-state index in [0.29, 0.717) is 0 Å². The van der Waals surface area contributed by atoms with Gasteiger partial charge in [-0.25, -0.2) is 4.98 Å². The van der Waals surface area contributed by atoms with Crippen molar-refractivity contribution >= 4 is 33.2 Å². The van der Waals surface area contributed by atoms with Crippen LogP contribution in [0.4, 0.5) is 11.4 Å². The lowest BCUT2D eigenvalue weighted by atomic mass is 9.80. The zero-order valence-corrected chi connectivity index (χ0v) is 31.3. The van der Waals surface area contributed by atoms with Crippen LogP contribution in [0.5, 0.6) is 11.5 Å². The molecule has 0 saturated heterocycles. The Morgan fingerprint density at radius 3 is 1.86 bits per heavy atom. The predicted octanol–water partition coefficient (Wildman–Crippen LogP) is 11.9. The summed E-state index contributed by atoms with van der Waals surface area (Å²) < 4.78 is 8.84. The monoisotopic (exact) mass is 662 g/mol. The highest BCUT2D eigenvalue weighted by molar-refractivity contribution is 6.09. The first-order valence-electron chi connectivity index (χ1n) is 17.7. The lowest BCUT2D eigenvalue weighted by Crippen LogP contribution is -2.26. The van der Waals surface area contributed by atoms with Gasteiger partial charge in [-0.3, -0.25) is 4.57 Å². The zero-order chi connectivity index (χ0) is 35.6. The van der Waals surface area contributed by atoms with Crippen LogP contribution in [-0.4, -0.2) is 16.2 Å². The molecule has 6 aromatic rings. The highest BCUT2D eigenvalue weighted by atomic mass is 16.5. The molecule has 3 heterocycles. The van der Waals surface area contributed by atoms with Crippen molar-refractivity contribution < 1.29 is 4.74 Å². The largest absolute Gasteiger partial charge is 0.457 e. The zero-order valence-electron chi connectivity index (χ0n) is 31.3. The Kier molecular flexibility index (Phi) is 8.09. The van der Waals surface area contributed by atoms with Gasteiger partial charge in [0.1, 0.15) is 17.3 Å². The summed E-state index contributed by atoms with van der Waals surface area (Å²) in [6, 6.07) is 32.9. The summed E-state index contributed by atoms with van der Waals surface area (Å²) in [4.78, 5) is 9.43. The first-order valence-corrected chi connectivity index (χ1v) is 17.7. The fraction of sp³-hybridized carbons (Fsp3) is 0.311. The van der Waals surface area contributed by atoms with Crippen molar-refractivity contribution in [3.8, 4) is 17.3 Å². The van der Waals surface area contributed by atoms with Crippen molar-refractivity contribution in [3.63, 3.8) is 0 Å². The molecule has 4 aromatic carbocycles. The van der Waals surface area contributed by atoms with E-state index in [1.807, 2.05) is 12.3 Å². The van der Waals surface area contributed by atoms with Crippen LogP contribution in [0.1, 0.15) is 84.6 Å². The molecule has 7 rings (SSSR count). The molecule has 1 aliphatic rings. The molecule has 0 fully saturated rings. The number of fused-ring (bicyclic) bond motifs is 3. The number of rotatable bonds is 5. The smallest absolute Gasteiger partial charge is 0.137 e. The van der Waals surface area contributed by atoms with Gasteiger partial charge in [0.05, 0.1) is 17.7 Å². The normalized spacial score (nSPS) is 14.0. The van der Waals surface area contributed by atoms with E-state index in [4.69, 9.17) is 9.72 Å². The first kappa shape index (κ1) is 33.5. The van der Waals surface area contributed by atoms with Crippen molar-refractivity contribution in [3.05, 3.63) is 132 Å². The molecule has 256 valence electrons. The summed E-state index contributed by atoms with van der Waals surface area (Å²) in [6.07, 6.45) is 6.27. The maximum Gasteiger partial charge on any atom is 0.137 e. The van der Waals surface area contributed by atoms with Crippen molar-refractivity contribution in [2.75, 3.05) is 16.5 Å². The second-order valence-corrected chi connectivity index (χ2v) is 16.9. The van der Waals surface area contributed by atoms with Gasteiger partial charge >= 0.3 is 0 Å². The van der Waals surface area contributed by atoms with Crippen molar-refractivity contribution in [2.24, 2.45) is 0 Å². The van der Waals surface area contributed by atoms with Crippen LogP contribution in [0.2, 0.25) is 0 Å². The highest BCUT2D eigenvalue weighted by Gasteiger charge is 2.24. The van der Waals surface area contributed by atoms with Crippen LogP contribution < -0.4 is 14.5 Å². The maximum atomic E-state index is 6.59. The number of aromatic nitrogens is 2. The lowest BCUT2D eigenvalue weighted by molar-refractivity contribution is 0.483. The minimum atomic E-state index is 0.0478. The molecule has 1 aliphatic heterocycles. The van der Waals surface area contributed by atoms with E-state index in [0.717, 1.165) is 46.3 Å². The van der Waals surface area contributed by atoms with Crippen LogP contribution in [0, 0.1) is 6.92 Å². The van der Waals surface area contributed by atoms with Gasteiger partial charge in [0.25, 0.3) is 0 Å². The number of nitrogens with zero attached hydrogens (tertiary/aromatic N) is 4. The first-order chi connectivity index (χ1) is 23.5. The second kappa shape index (κ2) is 12.1. The Morgan fingerprint density at radius 2 is 1.22 bits per heavy atom. The third kappa shape index (κ3) is 6.49. The quantitative estimate of drug-likeness (QED) is 0.184. The molecule has 0 N–H and O–H groups in total. The number of ether oxygens (including phenoxy) is 1. The summed E-state index contributed by atoms with van der Waals surface area (Å²) in [5.74, 6) is 2.48. The molecule has 0 bridgehead atoms. The third-order valence-corrected chi connectivity index (χ3v) is 9.83. The summed E-state index contributed by atoms with van der Waals surface area (Å²) in [6.45, 7) is 23.3. The van der Waals surface area contributed by atoms with E-state index < -0.39 is 0 Å². The molecular weight excluding hydrogens is 613 g/mol. The number of anilines is 2. The minimum Gasteiger partial charge on any atom is -0.457 e. The topological polar surface area (TPSA) is 33.5 Å². The minimum absolute atomic E-state index is 0.0478. The molecule has 0 aliphatic carbocycles. The Bertz CT molecular complexity index is 2210. The van der Waals surface area contributed by atoms with Crippen molar-refractivity contribution in [1.29, 1.82) is 0 Å². The Labute approximate surface area is 297 Å². The van der Waals surface area contributed by atoms with Gasteiger partial charge < -0.3 is 14.5 Å². The SMILES string of the molecule is Cc1ccc(-n2c3ccc(C(C)(C)C)cc3c3ccc(Oc4cccc(N5C=CN(c6cc(C(C)(C)C)cc(C(C)(C)C)c6)C5)c4)cc32)nc1. The molecular formula is C45H50N4O. The standard InChI is InChI=1S/C45H50N4O/c1-30-14-19-42(46-28-30)49-40-18-15-31(43(2,3)4)25-39(40)38-17-16-37(27-41(38)49)50-36-13-11-12-34(26-36)47-20-21-48(29-47)35-23-32(44(5,6)7)22-33(24-35)45(8,9)10/h11-28H,29H2,1-10H3. The Morgan fingerprint density at radius 1 is 0.560 bits per heavy atom. The molecule has 5 heteroatoms. The molecule has 5 nitrogen and oxygen atoms in total. The molecule has 0 saturated carbocycles. The fourth-order valence-electron chi connectivity index (χ4n) is 6.63. The van der Waals surface area contributed by atoms with E-state index in [2.05, 4.69) is 181 Å². The van der Waals surface area contributed by atoms with E-state index in [1.54, 1.807) is 0 Å². The number of hydrogen-bond donors (Lipinski definition) is 0. The van der Waals surface area contributed by atoms with Crippen molar-refractivity contribution in [2.45, 2.75) is 85.5 Å². The number of hydrogen-bond acceptors (Lipinski definition) is 4. The molecule has 0 amide bonds.